The summed E-state index contributed by atoms with van der Waals surface area (Å²) in [4.78, 5) is 23.1. The van der Waals surface area contributed by atoms with Crippen LogP contribution in [0.2, 0.25) is 0 Å². The molecule has 2 rings (SSSR count). The van der Waals surface area contributed by atoms with Crippen LogP contribution in [-0.2, 0) is 0 Å². The Balaban J connectivity index is 1.93. The average Bonchev–Trinajstić information content (AvgIpc) is 2.55. The Morgan fingerprint density at radius 2 is 1.87 bits per heavy atom. The Morgan fingerprint density at radius 3 is 2.61 bits per heavy atom. The summed E-state index contributed by atoms with van der Waals surface area (Å²) in [5.41, 5.74) is 2.02. The fourth-order valence-corrected chi connectivity index (χ4v) is 1.94. The topological polar surface area (TPSA) is 67.4 Å². The van der Waals surface area contributed by atoms with E-state index in [4.69, 9.17) is 4.74 Å². The van der Waals surface area contributed by atoms with Crippen LogP contribution in [0.3, 0.4) is 0 Å². The molecule has 0 saturated heterocycles. The summed E-state index contributed by atoms with van der Waals surface area (Å²) in [5, 5.41) is 5.28. The maximum atomic E-state index is 11.8. The minimum atomic E-state index is -0.384. The van der Waals surface area contributed by atoms with Gasteiger partial charge >= 0.3 is 6.03 Å². The maximum Gasteiger partial charge on any atom is 0.323 e. The molecular weight excluding hydrogens is 292 g/mol. The van der Waals surface area contributed by atoms with Crippen LogP contribution in [0.15, 0.2) is 54.7 Å². The molecule has 0 spiro atoms. The van der Waals surface area contributed by atoms with Gasteiger partial charge in [-0.15, -0.1) is 0 Å². The fourth-order valence-electron chi connectivity index (χ4n) is 1.94. The predicted molar refractivity (Wildman–Crippen MR) is 90.6 cm³/mol. The van der Waals surface area contributed by atoms with Gasteiger partial charge in [-0.05, 0) is 42.8 Å². The zero-order chi connectivity index (χ0) is 16.7. The lowest BCUT2D eigenvalue weighted by molar-refractivity contribution is 0.101. The molecule has 0 atom stereocenters. The molecule has 2 aromatic carbocycles. The number of nitrogens with one attached hydrogen (secondary N) is 2. The number of anilines is 1. The molecule has 0 aromatic heterocycles. The van der Waals surface area contributed by atoms with Gasteiger partial charge in [-0.25, -0.2) is 4.79 Å². The minimum Gasteiger partial charge on any atom is -0.497 e. The number of amides is 2. The summed E-state index contributed by atoms with van der Waals surface area (Å²) >= 11 is 0. The molecule has 0 radical (unpaired) electrons. The molecule has 118 valence electrons. The van der Waals surface area contributed by atoms with Gasteiger partial charge in [-0.2, -0.15) is 0 Å². The lowest BCUT2D eigenvalue weighted by Crippen LogP contribution is -2.23. The molecule has 0 saturated carbocycles. The summed E-state index contributed by atoms with van der Waals surface area (Å²) in [6.07, 6.45) is 3.30. The Kier molecular flexibility index (Phi) is 5.52. The lowest BCUT2D eigenvalue weighted by atomic mass is 10.1. The molecule has 0 heterocycles. The quantitative estimate of drug-likeness (QED) is 0.828. The third kappa shape index (κ3) is 5.00. The van der Waals surface area contributed by atoms with Gasteiger partial charge in [0.05, 0.1) is 7.11 Å². The van der Waals surface area contributed by atoms with Gasteiger partial charge < -0.3 is 15.4 Å². The number of benzene rings is 2. The number of carbonyl (C=O) groups is 2. The molecule has 2 aromatic rings. The number of urea groups is 1. The van der Waals surface area contributed by atoms with Crippen molar-refractivity contribution in [2.75, 3.05) is 12.4 Å². The van der Waals surface area contributed by atoms with Gasteiger partial charge in [0, 0.05) is 17.5 Å². The first-order chi connectivity index (χ1) is 11.1. The molecule has 0 aliphatic heterocycles. The third-order valence-electron chi connectivity index (χ3n) is 3.11. The van der Waals surface area contributed by atoms with Gasteiger partial charge in [0.15, 0.2) is 5.78 Å². The smallest absolute Gasteiger partial charge is 0.323 e. The highest BCUT2D eigenvalue weighted by atomic mass is 16.5. The summed E-state index contributed by atoms with van der Waals surface area (Å²) < 4.78 is 5.13. The first kappa shape index (κ1) is 16.3. The Labute approximate surface area is 135 Å². The maximum absolute atomic E-state index is 11.8. The van der Waals surface area contributed by atoms with Gasteiger partial charge in [-0.1, -0.05) is 24.3 Å². The van der Waals surface area contributed by atoms with Crippen LogP contribution in [0.1, 0.15) is 22.8 Å². The molecule has 5 heteroatoms. The summed E-state index contributed by atoms with van der Waals surface area (Å²) in [6, 6.07) is 13.9. The van der Waals surface area contributed by atoms with E-state index >= 15 is 0 Å². The van der Waals surface area contributed by atoms with Gasteiger partial charge in [-0.3, -0.25) is 4.79 Å². The monoisotopic (exact) mass is 310 g/mol. The van der Waals surface area contributed by atoms with Crippen LogP contribution < -0.4 is 15.4 Å². The van der Waals surface area contributed by atoms with Crippen molar-refractivity contribution >= 4 is 23.6 Å². The van der Waals surface area contributed by atoms with Crippen molar-refractivity contribution in [3.8, 4) is 5.75 Å². The molecule has 0 unspecified atom stereocenters. The van der Waals surface area contributed by atoms with Gasteiger partial charge in [0.2, 0.25) is 0 Å². The van der Waals surface area contributed by atoms with Crippen molar-refractivity contribution in [1.29, 1.82) is 0 Å². The molecular formula is C18H18N2O3. The van der Waals surface area contributed by atoms with Crippen molar-refractivity contribution in [3.05, 3.63) is 65.9 Å². The first-order valence-electron chi connectivity index (χ1n) is 7.07. The number of hydrogen-bond acceptors (Lipinski definition) is 3. The normalized spacial score (nSPS) is 10.3. The van der Waals surface area contributed by atoms with E-state index in [-0.39, 0.29) is 11.8 Å². The van der Waals surface area contributed by atoms with Crippen LogP contribution in [0, 0.1) is 0 Å². The molecule has 0 fully saturated rings. The molecule has 0 bridgehead atoms. The number of ether oxygens (including phenoxy) is 1. The predicted octanol–water partition coefficient (Wildman–Crippen LogP) is 3.69. The lowest BCUT2D eigenvalue weighted by Gasteiger charge is -2.06. The van der Waals surface area contributed by atoms with Crippen LogP contribution in [0.5, 0.6) is 5.75 Å². The number of ketones is 1. The van der Waals surface area contributed by atoms with E-state index in [0.717, 1.165) is 11.3 Å². The zero-order valence-electron chi connectivity index (χ0n) is 13.0. The molecule has 0 aliphatic rings. The van der Waals surface area contributed by atoms with Gasteiger partial charge in [0.25, 0.3) is 0 Å². The first-order valence-corrected chi connectivity index (χ1v) is 7.07. The molecule has 2 N–H and O–H groups in total. The highest BCUT2D eigenvalue weighted by Crippen LogP contribution is 2.13. The minimum absolute atomic E-state index is 0.0491. The number of hydrogen-bond donors (Lipinski definition) is 2. The Hall–Kier alpha value is -3.08. The largest absolute Gasteiger partial charge is 0.497 e. The molecule has 0 aliphatic carbocycles. The summed E-state index contributed by atoms with van der Waals surface area (Å²) in [5.74, 6) is 0.699. The van der Waals surface area contributed by atoms with Gasteiger partial charge in [0.1, 0.15) is 5.75 Å². The standard InChI is InChI=1S/C18H18N2O3/c1-13(21)15-6-4-7-16(12-15)20-18(22)19-10-9-14-5-3-8-17(11-14)23-2/h3-12H,1-2H3,(H2,19,20,22)/b10-9+. The number of methoxy groups -OCH3 is 1. The zero-order valence-corrected chi connectivity index (χ0v) is 13.0. The number of rotatable bonds is 5. The Bertz CT molecular complexity index is 739. The summed E-state index contributed by atoms with van der Waals surface area (Å²) in [7, 11) is 1.60. The van der Waals surface area contributed by atoms with E-state index < -0.39 is 0 Å². The molecule has 2 amide bonds. The molecule has 5 nitrogen and oxygen atoms in total. The van der Waals surface area contributed by atoms with Crippen LogP contribution in [-0.4, -0.2) is 18.9 Å². The second kappa shape index (κ2) is 7.79. The second-order valence-corrected chi connectivity index (χ2v) is 4.85. The Morgan fingerprint density at radius 1 is 1.09 bits per heavy atom. The van der Waals surface area contributed by atoms with E-state index in [1.807, 2.05) is 24.3 Å². The second-order valence-electron chi connectivity index (χ2n) is 4.85. The third-order valence-corrected chi connectivity index (χ3v) is 3.11. The van der Waals surface area contributed by atoms with Crippen LogP contribution in [0.25, 0.3) is 6.08 Å². The van der Waals surface area contributed by atoms with Crippen molar-refractivity contribution in [2.24, 2.45) is 0 Å². The SMILES string of the molecule is COc1cccc(/C=C/NC(=O)Nc2cccc(C(C)=O)c2)c1. The van der Waals surface area contributed by atoms with Crippen molar-refractivity contribution in [1.82, 2.24) is 5.32 Å². The highest BCUT2D eigenvalue weighted by molar-refractivity contribution is 5.96. The van der Waals surface area contributed by atoms with E-state index in [9.17, 15) is 9.59 Å². The average molecular weight is 310 g/mol. The van der Waals surface area contributed by atoms with E-state index in [1.165, 1.54) is 6.92 Å². The molecule has 23 heavy (non-hydrogen) atoms. The van der Waals surface area contributed by atoms with E-state index in [2.05, 4.69) is 10.6 Å². The van der Waals surface area contributed by atoms with Crippen molar-refractivity contribution < 1.29 is 14.3 Å². The number of carbonyl (C=O) groups excluding carboxylic acids is 2. The highest BCUT2D eigenvalue weighted by Gasteiger charge is 2.03. The van der Waals surface area contributed by atoms with E-state index in [1.54, 1.807) is 43.7 Å². The van der Waals surface area contributed by atoms with Crippen molar-refractivity contribution in [3.63, 3.8) is 0 Å². The summed E-state index contributed by atoms with van der Waals surface area (Å²) in [6.45, 7) is 1.48. The van der Waals surface area contributed by atoms with Crippen LogP contribution in [0.4, 0.5) is 10.5 Å². The van der Waals surface area contributed by atoms with E-state index in [0.29, 0.717) is 11.3 Å². The van der Waals surface area contributed by atoms with Crippen LogP contribution >= 0.6 is 0 Å². The number of Topliss-reactive ketones (excluding diaryl/α,β-unsaturated/α-hetero) is 1. The fraction of sp³-hybridized carbons (Fsp3) is 0.111. The van der Waals surface area contributed by atoms with Crippen molar-refractivity contribution in [2.45, 2.75) is 6.92 Å².